The summed E-state index contributed by atoms with van der Waals surface area (Å²) in [5.41, 5.74) is 0.371. The quantitative estimate of drug-likeness (QED) is 0.858. The smallest absolute Gasteiger partial charge is 0.273 e. The van der Waals surface area contributed by atoms with Crippen LogP contribution >= 0.6 is 0 Å². The summed E-state index contributed by atoms with van der Waals surface area (Å²) in [5.74, 6) is 0.527. The van der Waals surface area contributed by atoms with Crippen molar-refractivity contribution in [1.82, 2.24) is 15.4 Å². The van der Waals surface area contributed by atoms with Crippen molar-refractivity contribution in [3.63, 3.8) is 0 Å². The highest BCUT2D eigenvalue weighted by molar-refractivity contribution is 5.92. The molecule has 1 aliphatic heterocycles. The summed E-state index contributed by atoms with van der Waals surface area (Å²) in [7, 11) is 0. The van der Waals surface area contributed by atoms with E-state index < -0.39 is 0 Å². The number of carbonyl (C=O) groups is 1. The molecule has 2 heterocycles. The van der Waals surface area contributed by atoms with Gasteiger partial charge in [0.25, 0.3) is 5.91 Å². The van der Waals surface area contributed by atoms with E-state index >= 15 is 0 Å². The zero-order valence-corrected chi connectivity index (χ0v) is 10.4. The van der Waals surface area contributed by atoms with E-state index in [0.29, 0.717) is 11.5 Å². The molecule has 1 aromatic heterocycles. The maximum Gasteiger partial charge on any atom is 0.273 e. The summed E-state index contributed by atoms with van der Waals surface area (Å²) in [6.45, 7) is 7.02. The van der Waals surface area contributed by atoms with Gasteiger partial charge in [0.1, 0.15) is 5.76 Å². The average molecular weight is 237 g/mol. The molecule has 1 fully saturated rings. The van der Waals surface area contributed by atoms with Gasteiger partial charge in [-0.1, -0.05) is 12.1 Å². The molecule has 0 aromatic carbocycles. The number of likely N-dealkylation sites (tertiary alicyclic amines) is 1. The maximum absolute atomic E-state index is 11.9. The van der Waals surface area contributed by atoms with Crippen LogP contribution in [0.2, 0.25) is 0 Å². The van der Waals surface area contributed by atoms with E-state index in [1.54, 1.807) is 13.0 Å². The Morgan fingerprint density at radius 1 is 1.71 bits per heavy atom. The number of likely N-dealkylation sites (N-methyl/N-ethyl adjacent to an activating group) is 1. The molecule has 17 heavy (non-hydrogen) atoms. The average Bonchev–Trinajstić information content (AvgIpc) is 2.76. The molecule has 1 aromatic rings. The number of hydrogen-bond donors (Lipinski definition) is 1. The van der Waals surface area contributed by atoms with Gasteiger partial charge in [0.05, 0.1) is 0 Å². The number of piperidine rings is 1. The van der Waals surface area contributed by atoms with E-state index in [1.165, 1.54) is 0 Å². The third-order valence-corrected chi connectivity index (χ3v) is 3.15. The monoisotopic (exact) mass is 237 g/mol. The number of nitrogens with zero attached hydrogens (tertiary/aromatic N) is 2. The number of aromatic nitrogens is 1. The Morgan fingerprint density at radius 2 is 2.53 bits per heavy atom. The molecule has 1 unspecified atom stereocenters. The lowest BCUT2D eigenvalue weighted by atomic mass is 10.1. The molecule has 5 nitrogen and oxygen atoms in total. The van der Waals surface area contributed by atoms with Crippen LogP contribution in [0.5, 0.6) is 0 Å². The molecule has 1 atom stereocenters. The van der Waals surface area contributed by atoms with Crippen LogP contribution < -0.4 is 5.32 Å². The maximum atomic E-state index is 11.9. The molecule has 0 radical (unpaired) electrons. The highest BCUT2D eigenvalue weighted by atomic mass is 16.5. The van der Waals surface area contributed by atoms with E-state index in [0.717, 1.165) is 32.5 Å². The largest absolute Gasteiger partial charge is 0.361 e. The van der Waals surface area contributed by atoms with Crippen molar-refractivity contribution >= 4 is 5.91 Å². The first kappa shape index (κ1) is 12.1. The van der Waals surface area contributed by atoms with Crippen LogP contribution in [0.3, 0.4) is 0 Å². The lowest BCUT2D eigenvalue weighted by Gasteiger charge is -2.32. The molecule has 0 spiro atoms. The molecule has 1 saturated heterocycles. The highest BCUT2D eigenvalue weighted by Crippen LogP contribution is 2.10. The van der Waals surface area contributed by atoms with Gasteiger partial charge in [0.2, 0.25) is 0 Å². The van der Waals surface area contributed by atoms with Crippen molar-refractivity contribution in [2.24, 2.45) is 0 Å². The fraction of sp³-hybridized carbons (Fsp3) is 0.667. The van der Waals surface area contributed by atoms with Gasteiger partial charge in [0.15, 0.2) is 5.69 Å². The fourth-order valence-corrected chi connectivity index (χ4v) is 2.19. The third-order valence-electron chi connectivity index (χ3n) is 3.15. The molecule has 0 aliphatic carbocycles. The zero-order valence-electron chi connectivity index (χ0n) is 10.4. The molecular weight excluding hydrogens is 218 g/mol. The number of hydrogen-bond acceptors (Lipinski definition) is 4. The summed E-state index contributed by atoms with van der Waals surface area (Å²) in [6.07, 6.45) is 2.18. The predicted molar refractivity (Wildman–Crippen MR) is 63.8 cm³/mol. The fourth-order valence-electron chi connectivity index (χ4n) is 2.19. The number of rotatable bonds is 3. The van der Waals surface area contributed by atoms with Crippen LogP contribution in [0.25, 0.3) is 0 Å². The van der Waals surface area contributed by atoms with Gasteiger partial charge in [-0.3, -0.25) is 4.79 Å². The van der Waals surface area contributed by atoms with Crippen LogP contribution in [-0.2, 0) is 0 Å². The first-order chi connectivity index (χ1) is 8.19. The van der Waals surface area contributed by atoms with Crippen LogP contribution in [0, 0.1) is 6.92 Å². The van der Waals surface area contributed by atoms with E-state index in [9.17, 15) is 4.79 Å². The molecule has 1 amide bonds. The first-order valence-corrected chi connectivity index (χ1v) is 6.15. The van der Waals surface area contributed by atoms with Crippen LogP contribution in [-0.4, -0.2) is 41.6 Å². The standard InChI is InChI=1S/C12H19N3O2/c1-3-15-6-4-5-10(8-15)13-12(16)11-7-9(2)17-14-11/h7,10H,3-6,8H2,1-2H3,(H,13,16). The van der Waals surface area contributed by atoms with E-state index in [2.05, 4.69) is 22.3 Å². The minimum Gasteiger partial charge on any atom is -0.361 e. The number of carbonyl (C=O) groups excluding carboxylic acids is 1. The third kappa shape index (κ3) is 3.06. The van der Waals surface area contributed by atoms with Crippen LogP contribution in [0.4, 0.5) is 0 Å². The van der Waals surface area contributed by atoms with E-state index in [4.69, 9.17) is 4.52 Å². The van der Waals surface area contributed by atoms with Crippen molar-refractivity contribution in [2.75, 3.05) is 19.6 Å². The van der Waals surface area contributed by atoms with Gasteiger partial charge in [-0.25, -0.2) is 0 Å². The lowest BCUT2D eigenvalue weighted by molar-refractivity contribution is 0.0896. The molecule has 94 valence electrons. The zero-order chi connectivity index (χ0) is 12.3. The number of nitrogens with one attached hydrogen (secondary N) is 1. The number of aryl methyl sites for hydroxylation is 1. The van der Waals surface area contributed by atoms with Gasteiger partial charge in [-0.2, -0.15) is 0 Å². The Balaban J connectivity index is 1.90. The van der Waals surface area contributed by atoms with Gasteiger partial charge in [0, 0.05) is 18.7 Å². The Hall–Kier alpha value is -1.36. The Kier molecular flexibility index (Phi) is 3.78. The second-order valence-corrected chi connectivity index (χ2v) is 4.53. The van der Waals surface area contributed by atoms with Crippen molar-refractivity contribution in [2.45, 2.75) is 32.7 Å². The molecule has 1 N–H and O–H groups in total. The minimum atomic E-state index is -0.134. The molecule has 5 heteroatoms. The van der Waals surface area contributed by atoms with E-state index in [1.807, 2.05) is 0 Å². The summed E-state index contributed by atoms with van der Waals surface area (Å²) in [6, 6.07) is 1.89. The summed E-state index contributed by atoms with van der Waals surface area (Å²) in [5, 5.41) is 6.73. The molecule has 0 bridgehead atoms. The van der Waals surface area contributed by atoms with Gasteiger partial charge >= 0.3 is 0 Å². The summed E-state index contributed by atoms with van der Waals surface area (Å²) < 4.78 is 4.90. The van der Waals surface area contributed by atoms with Crippen molar-refractivity contribution < 1.29 is 9.32 Å². The Morgan fingerprint density at radius 3 is 3.18 bits per heavy atom. The highest BCUT2D eigenvalue weighted by Gasteiger charge is 2.21. The first-order valence-electron chi connectivity index (χ1n) is 6.15. The Bertz CT molecular complexity index is 389. The topological polar surface area (TPSA) is 58.4 Å². The second-order valence-electron chi connectivity index (χ2n) is 4.53. The van der Waals surface area contributed by atoms with Gasteiger partial charge < -0.3 is 14.7 Å². The van der Waals surface area contributed by atoms with Crippen molar-refractivity contribution in [3.8, 4) is 0 Å². The summed E-state index contributed by atoms with van der Waals surface area (Å²) >= 11 is 0. The minimum absolute atomic E-state index is 0.134. The van der Waals surface area contributed by atoms with Crippen molar-refractivity contribution in [1.29, 1.82) is 0 Å². The lowest BCUT2D eigenvalue weighted by Crippen LogP contribution is -2.47. The Labute approximate surface area is 101 Å². The van der Waals surface area contributed by atoms with Crippen LogP contribution in [0.15, 0.2) is 10.6 Å². The van der Waals surface area contributed by atoms with Crippen LogP contribution in [0.1, 0.15) is 36.0 Å². The molecular formula is C12H19N3O2. The molecule has 0 saturated carbocycles. The summed E-state index contributed by atoms with van der Waals surface area (Å²) in [4.78, 5) is 14.2. The van der Waals surface area contributed by atoms with Gasteiger partial charge in [-0.15, -0.1) is 0 Å². The molecule has 1 aliphatic rings. The normalized spacial score (nSPS) is 21.4. The van der Waals surface area contributed by atoms with Gasteiger partial charge in [-0.05, 0) is 32.9 Å². The van der Waals surface area contributed by atoms with E-state index in [-0.39, 0.29) is 11.9 Å². The predicted octanol–water partition coefficient (Wildman–Crippen LogP) is 1.20. The number of amides is 1. The SMILES string of the molecule is CCN1CCCC(NC(=O)c2cc(C)on2)C1. The molecule has 2 rings (SSSR count). The second kappa shape index (κ2) is 5.31. The van der Waals surface area contributed by atoms with Crippen molar-refractivity contribution in [3.05, 3.63) is 17.5 Å².